The molecule has 0 radical (unpaired) electrons. The average molecular weight is 421 g/mol. The summed E-state index contributed by atoms with van der Waals surface area (Å²) in [5.74, 6) is 1.24. The van der Waals surface area contributed by atoms with Crippen molar-refractivity contribution in [1.82, 2.24) is 0 Å². The van der Waals surface area contributed by atoms with Gasteiger partial charge in [-0.3, -0.25) is 0 Å². The van der Waals surface area contributed by atoms with Crippen LogP contribution in [0.1, 0.15) is 75.3 Å². The van der Waals surface area contributed by atoms with Gasteiger partial charge >= 0.3 is 0 Å². The molecular formula is C31H32O. The molecule has 1 heterocycles. The molecule has 1 atom stereocenters. The van der Waals surface area contributed by atoms with Gasteiger partial charge in [0.25, 0.3) is 0 Å². The van der Waals surface area contributed by atoms with Crippen LogP contribution in [0.25, 0.3) is 22.5 Å². The lowest BCUT2D eigenvalue weighted by Crippen LogP contribution is -2.16. The van der Waals surface area contributed by atoms with Gasteiger partial charge in [0.15, 0.2) is 0 Å². The van der Waals surface area contributed by atoms with Crippen LogP contribution < -0.4 is 0 Å². The van der Waals surface area contributed by atoms with Crippen molar-refractivity contribution >= 4 is 0 Å². The Bertz CT molecular complexity index is 1290. The number of benzene rings is 3. The van der Waals surface area contributed by atoms with E-state index in [1.54, 1.807) is 0 Å². The lowest BCUT2D eigenvalue weighted by molar-refractivity contribution is 0.550. The third-order valence-corrected chi connectivity index (χ3v) is 6.74. The number of hydrogen-bond acceptors (Lipinski definition) is 1. The number of rotatable bonds is 2. The Morgan fingerprint density at radius 3 is 1.94 bits per heavy atom. The van der Waals surface area contributed by atoms with E-state index in [0.29, 0.717) is 0 Å². The van der Waals surface area contributed by atoms with Crippen LogP contribution in [0.2, 0.25) is 0 Å². The van der Waals surface area contributed by atoms with Gasteiger partial charge in [-0.2, -0.15) is 0 Å². The molecule has 162 valence electrons. The van der Waals surface area contributed by atoms with E-state index in [1.807, 2.05) is 6.26 Å². The van der Waals surface area contributed by atoms with Crippen LogP contribution in [-0.4, -0.2) is 0 Å². The molecule has 0 bridgehead atoms. The van der Waals surface area contributed by atoms with E-state index in [9.17, 15) is 0 Å². The summed E-state index contributed by atoms with van der Waals surface area (Å²) in [6, 6.07) is 26.9. The van der Waals surface area contributed by atoms with Crippen molar-refractivity contribution in [3.8, 4) is 22.5 Å². The molecule has 0 saturated carbocycles. The van der Waals surface area contributed by atoms with E-state index in [0.717, 1.165) is 11.3 Å². The van der Waals surface area contributed by atoms with Gasteiger partial charge in [-0.05, 0) is 56.3 Å². The van der Waals surface area contributed by atoms with Crippen LogP contribution in [0.3, 0.4) is 0 Å². The van der Waals surface area contributed by atoms with E-state index < -0.39 is 0 Å². The fourth-order valence-electron chi connectivity index (χ4n) is 5.23. The van der Waals surface area contributed by atoms with Crippen molar-refractivity contribution in [1.29, 1.82) is 0 Å². The molecule has 0 saturated heterocycles. The Balaban J connectivity index is 1.72. The van der Waals surface area contributed by atoms with Gasteiger partial charge in [-0.25, -0.2) is 0 Å². The van der Waals surface area contributed by atoms with Crippen LogP contribution in [0.5, 0.6) is 0 Å². The molecule has 0 aliphatic heterocycles. The maximum atomic E-state index is 6.00. The quantitative estimate of drug-likeness (QED) is 0.278. The molecule has 1 aliphatic carbocycles. The van der Waals surface area contributed by atoms with Gasteiger partial charge < -0.3 is 4.42 Å². The lowest BCUT2D eigenvalue weighted by atomic mass is 9.77. The normalized spacial score (nSPS) is 15.5. The molecule has 1 aromatic heterocycles. The highest BCUT2D eigenvalue weighted by Crippen LogP contribution is 2.51. The summed E-state index contributed by atoms with van der Waals surface area (Å²) < 4.78 is 6.00. The maximum Gasteiger partial charge on any atom is 0.137 e. The SMILES string of the molecule is CC(C)(C)c1ccccc1C1c2ccccc2-c2cc(-c3occc3C(C)(C)C)ccc21. The van der Waals surface area contributed by atoms with Crippen LogP contribution in [0.4, 0.5) is 0 Å². The smallest absolute Gasteiger partial charge is 0.137 e. The minimum Gasteiger partial charge on any atom is -0.464 e. The molecule has 0 spiro atoms. The summed E-state index contributed by atoms with van der Waals surface area (Å²) in [7, 11) is 0. The first-order chi connectivity index (χ1) is 15.2. The molecule has 0 fully saturated rings. The lowest BCUT2D eigenvalue weighted by Gasteiger charge is -2.27. The van der Waals surface area contributed by atoms with Gasteiger partial charge in [-0.1, -0.05) is 102 Å². The third kappa shape index (κ3) is 3.32. The molecule has 0 amide bonds. The Kier molecular flexibility index (Phi) is 4.71. The molecular weight excluding hydrogens is 388 g/mol. The predicted octanol–water partition coefficient (Wildman–Crippen LogP) is 8.70. The van der Waals surface area contributed by atoms with E-state index in [4.69, 9.17) is 4.42 Å². The third-order valence-electron chi connectivity index (χ3n) is 6.74. The Hall–Kier alpha value is -3.06. The molecule has 4 aromatic rings. The molecule has 5 rings (SSSR count). The number of fused-ring (bicyclic) bond motifs is 3. The molecule has 1 heteroatoms. The number of hydrogen-bond donors (Lipinski definition) is 0. The van der Waals surface area contributed by atoms with E-state index in [-0.39, 0.29) is 16.7 Å². The minimum absolute atomic E-state index is 0.0352. The fraction of sp³-hybridized carbons (Fsp3) is 0.290. The summed E-state index contributed by atoms with van der Waals surface area (Å²) >= 11 is 0. The van der Waals surface area contributed by atoms with Gasteiger partial charge in [0.2, 0.25) is 0 Å². The van der Waals surface area contributed by atoms with Crippen LogP contribution in [-0.2, 0) is 10.8 Å². The van der Waals surface area contributed by atoms with Crippen LogP contribution in [0.15, 0.2) is 83.5 Å². The summed E-state index contributed by atoms with van der Waals surface area (Å²) in [5, 5.41) is 0. The summed E-state index contributed by atoms with van der Waals surface area (Å²) in [6.45, 7) is 13.6. The van der Waals surface area contributed by atoms with Crippen molar-refractivity contribution in [2.45, 2.75) is 58.3 Å². The van der Waals surface area contributed by atoms with Gasteiger partial charge in [0.1, 0.15) is 5.76 Å². The molecule has 1 aliphatic rings. The summed E-state index contributed by atoms with van der Waals surface area (Å²) in [4.78, 5) is 0. The first-order valence-electron chi connectivity index (χ1n) is 11.6. The summed E-state index contributed by atoms with van der Waals surface area (Å²) in [6.07, 6.45) is 1.82. The maximum absolute atomic E-state index is 6.00. The van der Waals surface area contributed by atoms with Crippen molar-refractivity contribution in [2.24, 2.45) is 0 Å². The fourth-order valence-corrected chi connectivity index (χ4v) is 5.23. The van der Waals surface area contributed by atoms with Crippen molar-refractivity contribution in [2.75, 3.05) is 0 Å². The molecule has 1 nitrogen and oxygen atoms in total. The summed E-state index contributed by atoms with van der Waals surface area (Å²) in [5.41, 5.74) is 10.8. The second-order valence-corrected chi connectivity index (χ2v) is 11.1. The van der Waals surface area contributed by atoms with E-state index >= 15 is 0 Å². The highest BCUT2D eigenvalue weighted by molar-refractivity contribution is 5.84. The van der Waals surface area contributed by atoms with Crippen LogP contribution >= 0.6 is 0 Å². The average Bonchev–Trinajstić information content (AvgIpc) is 3.36. The van der Waals surface area contributed by atoms with E-state index in [1.165, 1.54) is 38.9 Å². The Morgan fingerprint density at radius 1 is 0.594 bits per heavy atom. The van der Waals surface area contributed by atoms with Crippen molar-refractivity contribution in [3.63, 3.8) is 0 Å². The highest BCUT2D eigenvalue weighted by Gasteiger charge is 2.33. The zero-order valence-corrected chi connectivity index (χ0v) is 20.0. The first-order valence-corrected chi connectivity index (χ1v) is 11.6. The number of furan rings is 1. The molecule has 3 aromatic carbocycles. The van der Waals surface area contributed by atoms with Crippen molar-refractivity contribution in [3.05, 3.63) is 107 Å². The van der Waals surface area contributed by atoms with Gasteiger partial charge in [-0.15, -0.1) is 0 Å². The van der Waals surface area contributed by atoms with Gasteiger partial charge in [0.05, 0.1) is 6.26 Å². The first kappa shape index (κ1) is 20.8. The minimum atomic E-state index is 0.0352. The second kappa shape index (κ2) is 7.24. The molecule has 0 N–H and O–H groups in total. The largest absolute Gasteiger partial charge is 0.464 e. The van der Waals surface area contributed by atoms with Crippen LogP contribution in [0, 0.1) is 0 Å². The predicted molar refractivity (Wildman–Crippen MR) is 134 cm³/mol. The van der Waals surface area contributed by atoms with E-state index in [2.05, 4.69) is 114 Å². The molecule has 32 heavy (non-hydrogen) atoms. The Labute approximate surface area is 192 Å². The highest BCUT2D eigenvalue weighted by atomic mass is 16.3. The van der Waals surface area contributed by atoms with Crippen molar-refractivity contribution < 1.29 is 4.42 Å². The zero-order chi connectivity index (χ0) is 22.7. The topological polar surface area (TPSA) is 13.1 Å². The standard InChI is InChI=1S/C31H32O/c1-30(2,3)26-14-10-9-13-24(26)28-22-12-8-7-11-21(22)25-19-20(15-16-23(25)28)29-27(17-18-32-29)31(4,5)6/h7-19,28H,1-6H3. The van der Waals surface area contributed by atoms with Gasteiger partial charge in [0, 0.05) is 17.0 Å². The zero-order valence-electron chi connectivity index (χ0n) is 20.0. The molecule has 1 unspecified atom stereocenters. The Morgan fingerprint density at radius 2 is 1.22 bits per heavy atom. The monoisotopic (exact) mass is 420 g/mol. The second-order valence-electron chi connectivity index (χ2n) is 11.1.